The largest absolute Gasteiger partial charge is 0.463 e. The zero-order chi connectivity index (χ0) is 21.4. The van der Waals surface area contributed by atoms with Crippen LogP contribution in [0.4, 0.5) is 0 Å². The molecule has 172 valence electrons. The van der Waals surface area contributed by atoms with E-state index in [0.29, 0.717) is 24.8 Å². The van der Waals surface area contributed by atoms with Gasteiger partial charge >= 0.3 is 0 Å². The van der Waals surface area contributed by atoms with E-state index in [1.54, 1.807) is 13.0 Å². The van der Waals surface area contributed by atoms with E-state index in [4.69, 9.17) is 14.1 Å². The second-order valence-electron chi connectivity index (χ2n) is 7.94. The first kappa shape index (κ1) is 25.6. The van der Waals surface area contributed by atoms with Crippen molar-refractivity contribution in [1.29, 1.82) is 0 Å². The molecule has 1 aliphatic heterocycles. The van der Waals surface area contributed by atoms with Crippen LogP contribution in [-0.2, 0) is 23.4 Å². The van der Waals surface area contributed by atoms with Crippen molar-refractivity contribution >= 4 is 29.9 Å². The van der Waals surface area contributed by atoms with Crippen LogP contribution in [0.15, 0.2) is 45.8 Å². The first-order valence-electron chi connectivity index (χ1n) is 10.7. The highest BCUT2D eigenvalue weighted by Gasteiger charge is 2.27. The molecule has 0 radical (unpaired) electrons. The Balaban J connectivity index is 0.00000341. The number of halogens is 1. The molecule has 0 bridgehead atoms. The Morgan fingerprint density at radius 1 is 1.16 bits per heavy atom. The van der Waals surface area contributed by atoms with Gasteiger partial charge in [0.25, 0.3) is 0 Å². The topological polar surface area (TPSA) is 82.3 Å². The number of aliphatic hydroxyl groups is 1. The van der Waals surface area contributed by atoms with Gasteiger partial charge in [0, 0.05) is 26.2 Å². The maximum Gasteiger partial charge on any atom is 0.191 e. The number of aryl methyl sites for hydroxylation is 1. The zero-order valence-corrected chi connectivity index (χ0v) is 21.0. The van der Waals surface area contributed by atoms with E-state index in [2.05, 4.69) is 39.8 Å². The minimum atomic E-state index is -1.12. The van der Waals surface area contributed by atoms with Gasteiger partial charge in [0.2, 0.25) is 0 Å². The summed E-state index contributed by atoms with van der Waals surface area (Å²) in [5.74, 6) is 1.99. The molecular formula is C23H35IN4O3. The number of aliphatic imine (C=N–C) groups is 1. The Hall–Kier alpha value is -1.62. The molecule has 8 heteroatoms. The third kappa shape index (κ3) is 8.10. The van der Waals surface area contributed by atoms with Gasteiger partial charge in [-0.05, 0) is 44.0 Å². The summed E-state index contributed by atoms with van der Waals surface area (Å²) in [6.07, 6.45) is 0. The van der Waals surface area contributed by atoms with E-state index in [-0.39, 0.29) is 24.0 Å². The number of nitrogens with zero attached hydrogens (tertiary/aromatic N) is 2. The zero-order valence-electron chi connectivity index (χ0n) is 18.7. The summed E-state index contributed by atoms with van der Waals surface area (Å²) in [7, 11) is 0. The second-order valence-corrected chi connectivity index (χ2v) is 7.94. The van der Waals surface area contributed by atoms with Crippen molar-refractivity contribution in [3.05, 3.63) is 59.0 Å². The molecule has 0 aliphatic carbocycles. The molecule has 3 N–H and O–H groups in total. The molecule has 0 amide bonds. The quantitative estimate of drug-likeness (QED) is 0.271. The fraction of sp³-hybridized carbons (Fsp3) is 0.522. The van der Waals surface area contributed by atoms with Gasteiger partial charge in [-0.2, -0.15) is 0 Å². The molecule has 1 atom stereocenters. The molecule has 7 nitrogen and oxygen atoms in total. The fourth-order valence-electron chi connectivity index (χ4n) is 3.42. The van der Waals surface area contributed by atoms with Crippen LogP contribution in [0.1, 0.15) is 36.5 Å². The van der Waals surface area contributed by atoms with Crippen LogP contribution in [0, 0.1) is 6.92 Å². The molecule has 1 aromatic heterocycles. The van der Waals surface area contributed by atoms with Gasteiger partial charge in [0.1, 0.15) is 17.1 Å². The second kappa shape index (κ2) is 12.4. The molecule has 1 fully saturated rings. The normalized spacial score (nSPS) is 17.0. The number of morpholine rings is 1. The van der Waals surface area contributed by atoms with Gasteiger partial charge in [0.15, 0.2) is 5.96 Å². The van der Waals surface area contributed by atoms with Gasteiger partial charge in [-0.15, -0.1) is 24.0 Å². The van der Waals surface area contributed by atoms with E-state index in [9.17, 15) is 5.11 Å². The minimum Gasteiger partial charge on any atom is -0.463 e. The van der Waals surface area contributed by atoms with E-state index >= 15 is 0 Å². The molecule has 31 heavy (non-hydrogen) atoms. The van der Waals surface area contributed by atoms with E-state index in [1.165, 1.54) is 5.56 Å². The number of hydrogen-bond acceptors (Lipinski definition) is 5. The van der Waals surface area contributed by atoms with Crippen LogP contribution in [0.3, 0.4) is 0 Å². The molecule has 0 spiro atoms. The number of guanidine groups is 1. The summed E-state index contributed by atoms with van der Waals surface area (Å²) in [4.78, 5) is 7.11. The van der Waals surface area contributed by atoms with Gasteiger partial charge in [0.05, 0.1) is 26.3 Å². The molecular weight excluding hydrogens is 507 g/mol. The highest BCUT2D eigenvalue weighted by atomic mass is 127. The van der Waals surface area contributed by atoms with E-state index in [1.807, 2.05) is 19.9 Å². The lowest BCUT2D eigenvalue weighted by atomic mass is 10.0. The van der Waals surface area contributed by atoms with Gasteiger partial charge in [-0.1, -0.05) is 24.3 Å². The summed E-state index contributed by atoms with van der Waals surface area (Å²) < 4.78 is 11.0. The summed E-state index contributed by atoms with van der Waals surface area (Å²) in [5, 5.41) is 17.2. The Morgan fingerprint density at radius 2 is 1.90 bits per heavy atom. The lowest BCUT2D eigenvalue weighted by Gasteiger charge is -2.26. The maximum atomic E-state index is 10.7. The lowest BCUT2D eigenvalue weighted by Crippen LogP contribution is -2.44. The Kier molecular flexibility index (Phi) is 10.3. The predicted octanol–water partition coefficient (Wildman–Crippen LogP) is 3.00. The van der Waals surface area contributed by atoms with Crippen molar-refractivity contribution in [2.24, 2.45) is 4.99 Å². The number of benzene rings is 1. The fourth-order valence-corrected chi connectivity index (χ4v) is 3.42. The smallest absolute Gasteiger partial charge is 0.191 e. The van der Waals surface area contributed by atoms with Gasteiger partial charge < -0.3 is 24.9 Å². The van der Waals surface area contributed by atoms with Crippen molar-refractivity contribution in [3.8, 4) is 0 Å². The van der Waals surface area contributed by atoms with Crippen LogP contribution in [0.5, 0.6) is 0 Å². The standard InChI is InChI=1S/C23H34N4O3.HI/c1-4-24-22(26-17-23(3,28)21-9-8-18(2)30-21)25-15-19-6-5-7-20(14-19)16-27-10-12-29-13-11-27;/h5-9,14,28H,4,10-13,15-17H2,1-3H3,(H2,24,25,26);1H. The molecule has 1 unspecified atom stereocenters. The Bertz CT molecular complexity index is 832. The third-order valence-electron chi connectivity index (χ3n) is 5.14. The molecule has 1 aromatic carbocycles. The van der Waals surface area contributed by atoms with Crippen LogP contribution in [-0.4, -0.2) is 55.4 Å². The van der Waals surface area contributed by atoms with Crippen LogP contribution < -0.4 is 10.6 Å². The summed E-state index contributed by atoms with van der Waals surface area (Å²) >= 11 is 0. The Labute approximate surface area is 202 Å². The number of furan rings is 1. The van der Waals surface area contributed by atoms with Crippen LogP contribution in [0.25, 0.3) is 0 Å². The molecule has 0 saturated carbocycles. The first-order chi connectivity index (χ1) is 14.5. The average Bonchev–Trinajstić information content (AvgIpc) is 3.18. The van der Waals surface area contributed by atoms with Crippen molar-refractivity contribution in [2.45, 2.75) is 39.5 Å². The van der Waals surface area contributed by atoms with E-state index in [0.717, 1.165) is 50.7 Å². The summed E-state index contributed by atoms with van der Waals surface area (Å²) in [6.45, 7) is 11.7. The molecule has 2 aromatic rings. The third-order valence-corrected chi connectivity index (χ3v) is 5.14. The molecule has 1 saturated heterocycles. The monoisotopic (exact) mass is 542 g/mol. The molecule has 2 heterocycles. The molecule has 3 rings (SSSR count). The summed E-state index contributed by atoms with van der Waals surface area (Å²) in [5.41, 5.74) is 1.33. The Morgan fingerprint density at radius 3 is 2.58 bits per heavy atom. The lowest BCUT2D eigenvalue weighted by molar-refractivity contribution is 0.0342. The average molecular weight is 542 g/mol. The van der Waals surface area contributed by atoms with E-state index < -0.39 is 5.60 Å². The number of nitrogens with one attached hydrogen (secondary N) is 2. The van der Waals surface area contributed by atoms with Crippen molar-refractivity contribution in [2.75, 3.05) is 39.4 Å². The van der Waals surface area contributed by atoms with Gasteiger partial charge in [-0.25, -0.2) is 4.99 Å². The SMILES string of the molecule is CCNC(=NCc1cccc(CN2CCOCC2)c1)NCC(C)(O)c1ccc(C)o1.I. The maximum absolute atomic E-state index is 10.7. The predicted molar refractivity (Wildman–Crippen MR) is 134 cm³/mol. The van der Waals surface area contributed by atoms with Crippen LogP contribution >= 0.6 is 24.0 Å². The molecule has 1 aliphatic rings. The summed E-state index contributed by atoms with van der Waals surface area (Å²) in [6, 6.07) is 12.2. The highest BCUT2D eigenvalue weighted by molar-refractivity contribution is 14.0. The highest BCUT2D eigenvalue weighted by Crippen LogP contribution is 2.21. The van der Waals surface area contributed by atoms with Crippen molar-refractivity contribution < 1.29 is 14.3 Å². The number of rotatable bonds is 8. The first-order valence-corrected chi connectivity index (χ1v) is 10.7. The minimum absolute atomic E-state index is 0. The van der Waals surface area contributed by atoms with Crippen LogP contribution in [0.2, 0.25) is 0 Å². The van der Waals surface area contributed by atoms with Crippen molar-refractivity contribution in [1.82, 2.24) is 15.5 Å². The van der Waals surface area contributed by atoms with Gasteiger partial charge in [-0.3, -0.25) is 4.90 Å². The van der Waals surface area contributed by atoms with Crippen molar-refractivity contribution in [3.63, 3.8) is 0 Å². The number of hydrogen-bond donors (Lipinski definition) is 3. The number of ether oxygens (including phenoxy) is 1.